The average molecular weight is 261 g/mol. The van der Waals surface area contributed by atoms with Gasteiger partial charge in [0.2, 0.25) is 11.7 Å². The second kappa shape index (κ2) is 5.19. The monoisotopic (exact) mass is 261 g/mol. The second-order valence-electron chi connectivity index (χ2n) is 4.66. The average Bonchev–Trinajstić information content (AvgIpc) is 2.86. The fourth-order valence-corrected chi connectivity index (χ4v) is 1.40. The molecule has 100 valence electrons. The van der Waals surface area contributed by atoms with E-state index in [9.17, 15) is 4.79 Å². The van der Waals surface area contributed by atoms with Crippen LogP contribution in [0, 0.1) is 0 Å². The Kier molecular flexibility index (Phi) is 3.62. The fraction of sp³-hybridized carbons (Fsp3) is 0.308. The van der Waals surface area contributed by atoms with Gasteiger partial charge in [-0.05, 0) is 13.8 Å². The molecule has 0 radical (unpaired) electrons. The number of carboxylic acids is 1. The highest BCUT2D eigenvalue weighted by atomic mass is 16.5. The number of carbonyl (C=O) groups is 1. The van der Waals surface area contributed by atoms with Gasteiger partial charge in [-0.15, -0.1) is 0 Å². The van der Waals surface area contributed by atoms with E-state index in [1.165, 1.54) is 0 Å². The van der Waals surface area contributed by atoms with Crippen molar-refractivity contribution in [2.24, 2.45) is 0 Å². The first-order chi connectivity index (χ1) is 8.99. The van der Waals surface area contributed by atoms with Gasteiger partial charge in [0.15, 0.2) is 0 Å². The lowest BCUT2D eigenvalue weighted by Crippen LogP contribution is -2.46. The molecule has 2 aromatic rings. The molecule has 0 saturated carbocycles. The molecular weight excluding hydrogens is 246 g/mol. The van der Waals surface area contributed by atoms with Crippen molar-refractivity contribution in [3.05, 3.63) is 36.2 Å². The van der Waals surface area contributed by atoms with Crippen molar-refractivity contribution in [3.8, 4) is 11.4 Å². The summed E-state index contributed by atoms with van der Waals surface area (Å²) in [6.45, 7) is 3.35. The minimum Gasteiger partial charge on any atom is -0.480 e. The molecule has 6 nitrogen and oxygen atoms in total. The largest absolute Gasteiger partial charge is 0.480 e. The molecule has 0 aliphatic rings. The summed E-state index contributed by atoms with van der Waals surface area (Å²) in [7, 11) is 0. The van der Waals surface area contributed by atoms with Crippen LogP contribution in [0.4, 0.5) is 0 Å². The van der Waals surface area contributed by atoms with Crippen molar-refractivity contribution in [1.29, 1.82) is 0 Å². The molecule has 0 amide bonds. The molecule has 0 fully saturated rings. The molecule has 0 aliphatic carbocycles. The van der Waals surface area contributed by atoms with E-state index in [0.717, 1.165) is 5.56 Å². The normalized spacial score (nSPS) is 11.5. The molecular formula is C13H15N3O3. The molecule has 6 heteroatoms. The van der Waals surface area contributed by atoms with Crippen LogP contribution < -0.4 is 5.32 Å². The van der Waals surface area contributed by atoms with Crippen LogP contribution in [0.5, 0.6) is 0 Å². The van der Waals surface area contributed by atoms with Gasteiger partial charge in [0.1, 0.15) is 5.54 Å². The zero-order valence-electron chi connectivity index (χ0n) is 10.8. The highest BCUT2D eigenvalue weighted by Gasteiger charge is 2.26. The molecule has 2 N–H and O–H groups in total. The Morgan fingerprint density at radius 3 is 2.68 bits per heavy atom. The maximum atomic E-state index is 10.9. The zero-order chi connectivity index (χ0) is 13.9. The van der Waals surface area contributed by atoms with E-state index in [0.29, 0.717) is 11.7 Å². The maximum Gasteiger partial charge on any atom is 0.323 e. The highest BCUT2D eigenvalue weighted by Crippen LogP contribution is 2.15. The number of hydrogen-bond acceptors (Lipinski definition) is 5. The first-order valence-electron chi connectivity index (χ1n) is 5.85. The molecule has 0 unspecified atom stereocenters. The number of hydrogen-bond donors (Lipinski definition) is 2. The summed E-state index contributed by atoms with van der Waals surface area (Å²) in [6, 6.07) is 9.43. The predicted octanol–water partition coefficient (Wildman–Crippen LogP) is 1.69. The first-order valence-corrected chi connectivity index (χ1v) is 5.85. The van der Waals surface area contributed by atoms with Crippen LogP contribution in [0.1, 0.15) is 19.7 Å². The van der Waals surface area contributed by atoms with Crippen molar-refractivity contribution < 1.29 is 14.4 Å². The van der Waals surface area contributed by atoms with Gasteiger partial charge in [0, 0.05) is 5.56 Å². The Morgan fingerprint density at radius 2 is 2.05 bits per heavy atom. The van der Waals surface area contributed by atoms with Gasteiger partial charge in [-0.25, -0.2) is 0 Å². The lowest BCUT2D eigenvalue weighted by atomic mass is 10.1. The van der Waals surface area contributed by atoms with Gasteiger partial charge in [0.05, 0.1) is 6.54 Å². The number of nitrogens with zero attached hydrogens (tertiary/aromatic N) is 2. The van der Waals surface area contributed by atoms with E-state index in [-0.39, 0.29) is 6.54 Å². The Bertz CT molecular complexity index is 564. The standard InChI is InChI=1S/C13H15N3O3/c1-13(2,12(17)18)14-8-10-15-11(16-19-10)9-6-4-3-5-7-9/h3-7,14H,8H2,1-2H3,(H,17,18). The van der Waals surface area contributed by atoms with E-state index >= 15 is 0 Å². The quantitative estimate of drug-likeness (QED) is 0.851. The third-order valence-electron chi connectivity index (χ3n) is 2.72. The van der Waals surface area contributed by atoms with Gasteiger partial charge in [-0.1, -0.05) is 35.5 Å². The zero-order valence-corrected chi connectivity index (χ0v) is 10.8. The van der Waals surface area contributed by atoms with Gasteiger partial charge >= 0.3 is 5.97 Å². The summed E-state index contributed by atoms with van der Waals surface area (Å²) in [5.41, 5.74) is -0.184. The third kappa shape index (κ3) is 3.17. The second-order valence-corrected chi connectivity index (χ2v) is 4.66. The van der Waals surface area contributed by atoms with Gasteiger partial charge < -0.3 is 9.63 Å². The Balaban J connectivity index is 2.05. The van der Waals surface area contributed by atoms with Crippen molar-refractivity contribution in [1.82, 2.24) is 15.5 Å². The number of aromatic nitrogens is 2. The highest BCUT2D eigenvalue weighted by molar-refractivity contribution is 5.77. The number of carboxylic acid groups (broad SMARTS) is 1. The van der Waals surface area contributed by atoms with Gasteiger partial charge in [-0.2, -0.15) is 4.98 Å². The van der Waals surface area contributed by atoms with E-state index in [4.69, 9.17) is 9.63 Å². The topological polar surface area (TPSA) is 88.3 Å². The van der Waals surface area contributed by atoms with Crippen LogP contribution in [-0.4, -0.2) is 26.8 Å². The van der Waals surface area contributed by atoms with E-state index < -0.39 is 11.5 Å². The third-order valence-corrected chi connectivity index (χ3v) is 2.72. The van der Waals surface area contributed by atoms with Gasteiger partial charge in [0.25, 0.3) is 0 Å². The SMILES string of the molecule is CC(C)(NCc1nc(-c2ccccc2)no1)C(=O)O. The van der Waals surface area contributed by atoms with Crippen LogP contribution in [0.15, 0.2) is 34.9 Å². The molecule has 0 bridgehead atoms. The molecule has 1 aromatic carbocycles. The van der Waals surface area contributed by atoms with Crippen molar-refractivity contribution >= 4 is 5.97 Å². The Morgan fingerprint density at radius 1 is 1.37 bits per heavy atom. The van der Waals surface area contributed by atoms with Crippen LogP contribution in [0.2, 0.25) is 0 Å². The van der Waals surface area contributed by atoms with E-state index in [1.807, 2.05) is 30.3 Å². The lowest BCUT2D eigenvalue weighted by molar-refractivity contribution is -0.143. The minimum atomic E-state index is -1.04. The molecule has 1 aromatic heterocycles. The molecule has 0 atom stereocenters. The summed E-state index contributed by atoms with van der Waals surface area (Å²) >= 11 is 0. The molecule has 0 saturated heterocycles. The van der Waals surface area contributed by atoms with Crippen molar-refractivity contribution in [2.45, 2.75) is 25.9 Å². The lowest BCUT2D eigenvalue weighted by Gasteiger charge is -2.19. The first kappa shape index (κ1) is 13.2. The van der Waals surface area contributed by atoms with Crippen LogP contribution in [-0.2, 0) is 11.3 Å². The molecule has 0 aliphatic heterocycles. The van der Waals surface area contributed by atoms with Crippen LogP contribution in [0.3, 0.4) is 0 Å². The molecule has 19 heavy (non-hydrogen) atoms. The van der Waals surface area contributed by atoms with Gasteiger partial charge in [-0.3, -0.25) is 10.1 Å². The Hall–Kier alpha value is -2.21. The number of rotatable bonds is 5. The van der Waals surface area contributed by atoms with E-state index in [1.54, 1.807) is 13.8 Å². The summed E-state index contributed by atoms with van der Waals surface area (Å²) in [6.07, 6.45) is 0. The summed E-state index contributed by atoms with van der Waals surface area (Å²) in [5.74, 6) is -0.0889. The predicted molar refractivity (Wildman–Crippen MR) is 68.3 cm³/mol. The minimum absolute atomic E-state index is 0.207. The number of nitrogens with one attached hydrogen (secondary N) is 1. The maximum absolute atomic E-state index is 10.9. The van der Waals surface area contributed by atoms with Crippen LogP contribution >= 0.6 is 0 Å². The number of aliphatic carboxylic acids is 1. The fourth-order valence-electron chi connectivity index (χ4n) is 1.40. The summed E-state index contributed by atoms with van der Waals surface area (Å²) in [4.78, 5) is 15.1. The smallest absolute Gasteiger partial charge is 0.323 e. The number of benzene rings is 1. The summed E-state index contributed by atoms with van der Waals surface area (Å²) < 4.78 is 5.08. The molecule has 2 rings (SSSR count). The Labute approximate surface area is 110 Å². The molecule has 1 heterocycles. The van der Waals surface area contributed by atoms with Crippen molar-refractivity contribution in [3.63, 3.8) is 0 Å². The van der Waals surface area contributed by atoms with Crippen LogP contribution in [0.25, 0.3) is 11.4 Å². The molecule has 0 spiro atoms. The van der Waals surface area contributed by atoms with Crippen molar-refractivity contribution in [2.75, 3.05) is 0 Å². The van der Waals surface area contributed by atoms with E-state index in [2.05, 4.69) is 15.5 Å². The summed E-state index contributed by atoms with van der Waals surface area (Å²) in [5, 5.41) is 15.7.